The summed E-state index contributed by atoms with van der Waals surface area (Å²) in [6.45, 7) is 2.79. The van der Waals surface area contributed by atoms with Crippen molar-refractivity contribution in [2.45, 2.75) is 0 Å². The molecule has 0 spiro atoms. The summed E-state index contributed by atoms with van der Waals surface area (Å²) in [6.07, 6.45) is 1.64. The molecule has 2 amide bonds. The van der Waals surface area contributed by atoms with Crippen LogP contribution in [0.2, 0.25) is 0 Å². The largest absolute Gasteiger partial charge is 0.337 e. The molecule has 118 valence electrons. The van der Waals surface area contributed by atoms with Crippen molar-refractivity contribution in [3.8, 4) is 0 Å². The number of carbonyl (C=O) groups excluding carboxylic acids is 2. The van der Waals surface area contributed by atoms with Crippen molar-refractivity contribution in [3.05, 3.63) is 46.7 Å². The van der Waals surface area contributed by atoms with Gasteiger partial charge in [0.2, 0.25) is 0 Å². The van der Waals surface area contributed by atoms with E-state index in [1.807, 2.05) is 15.9 Å². The number of hydrogen-bond acceptors (Lipinski definition) is 5. The van der Waals surface area contributed by atoms with Gasteiger partial charge in [-0.15, -0.1) is 11.3 Å². The molecule has 0 aromatic carbocycles. The zero-order valence-corrected chi connectivity index (χ0v) is 13.3. The van der Waals surface area contributed by atoms with E-state index >= 15 is 0 Å². The molecule has 0 aliphatic carbocycles. The molecule has 2 atom stereocenters. The van der Waals surface area contributed by atoms with Gasteiger partial charge >= 0.3 is 0 Å². The molecule has 6 nitrogen and oxygen atoms in total. The molecule has 4 rings (SSSR count). The predicted molar refractivity (Wildman–Crippen MR) is 85.1 cm³/mol. The van der Waals surface area contributed by atoms with E-state index < -0.39 is 0 Å². The Kier molecular flexibility index (Phi) is 3.57. The van der Waals surface area contributed by atoms with Crippen molar-refractivity contribution in [2.24, 2.45) is 11.8 Å². The van der Waals surface area contributed by atoms with Crippen LogP contribution in [0.4, 0.5) is 0 Å². The number of pyridine rings is 1. The van der Waals surface area contributed by atoms with E-state index in [9.17, 15) is 9.59 Å². The van der Waals surface area contributed by atoms with Gasteiger partial charge < -0.3 is 9.80 Å². The normalized spacial score (nSPS) is 23.1. The molecule has 0 saturated carbocycles. The molecule has 23 heavy (non-hydrogen) atoms. The zero-order chi connectivity index (χ0) is 15.8. The summed E-state index contributed by atoms with van der Waals surface area (Å²) in [4.78, 5) is 36.8. The van der Waals surface area contributed by atoms with Crippen molar-refractivity contribution < 1.29 is 9.59 Å². The van der Waals surface area contributed by atoms with Crippen molar-refractivity contribution in [1.29, 1.82) is 0 Å². The van der Waals surface area contributed by atoms with Crippen molar-refractivity contribution in [2.75, 3.05) is 26.2 Å². The van der Waals surface area contributed by atoms with Gasteiger partial charge in [-0.3, -0.25) is 14.6 Å². The van der Waals surface area contributed by atoms with Crippen LogP contribution < -0.4 is 0 Å². The Morgan fingerprint density at radius 1 is 0.957 bits per heavy atom. The summed E-state index contributed by atoms with van der Waals surface area (Å²) in [5.74, 6) is 0.691. The van der Waals surface area contributed by atoms with Gasteiger partial charge in [0.1, 0.15) is 11.4 Å². The molecule has 2 aromatic rings. The molecule has 0 unspecified atom stereocenters. The minimum absolute atomic E-state index is 0.00301. The monoisotopic (exact) mass is 328 g/mol. The lowest BCUT2D eigenvalue weighted by atomic mass is 10.0. The maximum Gasteiger partial charge on any atom is 0.273 e. The highest BCUT2D eigenvalue weighted by Crippen LogP contribution is 2.32. The van der Waals surface area contributed by atoms with Crippen molar-refractivity contribution >= 4 is 23.2 Å². The molecule has 7 heteroatoms. The molecule has 4 heterocycles. The van der Waals surface area contributed by atoms with E-state index in [0.717, 1.165) is 0 Å². The van der Waals surface area contributed by atoms with Gasteiger partial charge in [-0.1, -0.05) is 6.07 Å². The lowest BCUT2D eigenvalue weighted by Gasteiger charge is -2.21. The van der Waals surface area contributed by atoms with Crippen LogP contribution in [-0.4, -0.2) is 57.8 Å². The molecule has 2 fully saturated rings. The van der Waals surface area contributed by atoms with Crippen LogP contribution in [0.5, 0.6) is 0 Å². The van der Waals surface area contributed by atoms with E-state index in [4.69, 9.17) is 0 Å². The van der Waals surface area contributed by atoms with Gasteiger partial charge in [0.15, 0.2) is 0 Å². The molecular formula is C16H16N4O2S. The Morgan fingerprint density at radius 2 is 1.61 bits per heavy atom. The van der Waals surface area contributed by atoms with Crippen LogP contribution in [-0.2, 0) is 0 Å². The fraction of sp³-hybridized carbons (Fsp3) is 0.375. The van der Waals surface area contributed by atoms with Crippen LogP contribution in [0.1, 0.15) is 21.0 Å². The molecular weight excluding hydrogens is 312 g/mol. The van der Waals surface area contributed by atoms with Crippen molar-refractivity contribution in [3.63, 3.8) is 0 Å². The summed E-state index contributed by atoms with van der Waals surface area (Å²) in [5.41, 5.74) is 2.69. The third kappa shape index (κ3) is 2.61. The lowest BCUT2D eigenvalue weighted by Crippen LogP contribution is -2.36. The predicted octanol–water partition coefficient (Wildman–Crippen LogP) is 1.38. The number of hydrogen-bond donors (Lipinski definition) is 0. The van der Waals surface area contributed by atoms with Gasteiger partial charge in [-0.25, -0.2) is 4.98 Å². The van der Waals surface area contributed by atoms with Crippen molar-refractivity contribution in [1.82, 2.24) is 19.8 Å². The van der Waals surface area contributed by atoms with Crippen LogP contribution >= 0.6 is 11.3 Å². The first-order valence-corrected chi connectivity index (χ1v) is 8.54. The van der Waals surface area contributed by atoms with Gasteiger partial charge in [-0.2, -0.15) is 0 Å². The molecule has 0 N–H and O–H groups in total. The van der Waals surface area contributed by atoms with Gasteiger partial charge in [0, 0.05) is 49.6 Å². The fourth-order valence-corrected chi connectivity index (χ4v) is 3.98. The van der Waals surface area contributed by atoms with Crippen LogP contribution in [0, 0.1) is 11.8 Å². The van der Waals surface area contributed by atoms with E-state index in [1.54, 1.807) is 29.2 Å². The van der Waals surface area contributed by atoms with Gasteiger partial charge in [0.05, 0.1) is 5.51 Å². The van der Waals surface area contributed by atoms with Crippen LogP contribution in [0.15, 0.2) is 35.3 Å². The second-order valence-electron chi connectivity index (χ2n) is 6.03. The summed E-state index contributed by atoms with van der Waals surface area (Å²) >= 11 is 1.43. The molecule has 0 bridgehead atoms. The number of fused-ring (bicyclic) bond motifs is 1. The number of aromatic nitrogens is 2. The number of thiazole rings is 1. The fourth-order valence-electron chi connectivity index (χ4n) is 3.46. The SMILES string of the molecule is O=C(c1ccccn1)N1C[C@H]2CN(C(=O)c3cscn3)C[C@@H]2C1. The molecule has 2 aliphatic rings. The number of nitrogens with zero attached hydrogens (tertiary/aromatic N) is 4. The van der Waals surface area contributed by atoms with Gasteiger partial charge in [0.25, 0.3) is 11.8 Å². The second-order valence-corrected chi connectivity index (χ2v) is 6.75. The van der Waals surface area contributed by atoms with E-state index in [-0.39, 0.29) is 11.8 Å². The lowest BCUT2D eigenvalue weighted by molar-refractivity contribution is 0.0733. The summed E-state index contributed by atoms with van der Waals surface area (Å²) in [6, 6.07) is 5.37. The quantitative estimate of drug-likeness (QED) is 0.835. The third-order valence-corrected chi connectivity index (χ3v) is 5.18. The number of likely N-dealkylation sites (tertiary alicyclic amines) is 2. The highest BCUT2D eigenvalue weighted by atomic mass is 32.1. The van der Waals surface area contributed by atoms with Crippen LogP contribution in [0.25, 0.3) is 0 Å². The molecule has 2 aromatic heterocycles. The first-order chi connectivity index (χ1) is 11.2. The first-order valence-electron chi connectivity index (χ1n) is 7.60. The Hall–Kier alpha value is -2.28. The van der Waals surface area contributed by atoms with E-state index in [1.165, 1.54) is 11.3 Å². The minimum atomic E-state index is -0.0163. The van der Waals surface area contributed by atoms with Crippen LogP contribution in [0.3, 0.4) is 0 Å². The summed E-state index contributed by atoms with van der Waals surface area (Å²) < 4.78 is 0. The number of rotatable bonds is 2. The highest BCUT2D eigenvalue weighted by molar-refractivity contribution is 7.07. The standard InChI is InChI=1S/C16H16N4O2S/c21-15(13-3-1-2-4-17-13)19-5-11-7-20(8-12(11)6-19)16(22)14-9-23-10-18-14/h1-4,9-12H,5-8H2/t11-,12-/m0/s1. The Morgan fingerprint density at radius 3 is 2.13 bits per heavy atom. The topological polar surface area (TPSA) is 66.4 Å². The van der Waals surface area contributed by atoms with E-state index in [2.05, 4.69) is 9.97 Å². The average Bonchev–Trinajstić information content (AvgIpc) is 3.29. The third-order valence-electron chi connectivity index (χ3n) is 4.60. The Labute approximate surface area is 137 Å². The maximum absolute atomic E-state index is 12.5. The highest BCUT2D eigenvalue weighted by Gasteiger charge is 2.43. The minimum Gasteiger partial charge on any atom is -0.337 e. The molecule has 2 aliphatic heterocycles. The summed E-state index contributed by atoms with van der Waals surface area (Å²) in [7, 11) is 0. The molecule has 0 radical (unpaired) electrons. The maximum atomic E-state index is 12.5. The number of carbonyl (C=O) groups is 2. The van der Waals surface area contributed by atoms with E-state index in [0.29, 0.717) is 49.4 Å². The Bertz CT molecular complexity index is 705. The first kappa shape index (κ1) is 14.3. The number of amides is 2. The van der Waals surface area contributed by atoms with Gasteiger partial charge in [-0.05, 0) is 12.1 Å². The average molecular weight is 328 g/mol. The zero-order valence-electron chi connectivity index (χ0n) is 12.5. The second kappa shape index (κ2) is 5.73. The Balaban J connectivity index is 1.40. The molecule has 2 saturated heterocycles. The smallest absolute Gasteiger partial charge is 0.273 e. The summed E-state index contributed by atoms with van der Waals surface area (Å²) in [5, 5.41) is 1.79.